The number of hydrogen-bond acceptors (Lipinski definition) is 2. The number of aliphatic imine (C=N–C) groups is 1. The zero-order chi connectivity index (χ0) is 11.8. The van der Waals surface area contributed by atoms with Crippen LogP contribution in [0.2, 0.25) is 0 Å². The Morgan fingerprint density at radius 2 is 2.12 bits per heavy atom. The normalized spacial score (nSPS) is 11.8. The number of nitrogens with zero attached hydrogens (tertiary/aromatic N) is 2. The Morgan fingerprint density at radius 3 is 2.75 bits per heavy atom. The summed E-state index contributed by atoms with van der Waals surface area (Å²) in [5.74, 6) is 1.07. The van der Waals surface area contributed by atoms with E-state index >= 15 is 0 Å². The van der Waals surface area contributed by atoms with E-state index in [1.807, 2.05) is 12.1 Å². The van der Waals surface area contributed by atoms with Crippen molar-refractivity contribution in [3.63, 3.8) is 0 Å². The van der Waals surface area contributed by atoms with E-state index in [-0.39, 0.29) is 0 Å². The number of nitrogens with one attached hydrogen (secondary N) is 1. The summed E-state index contributed by atoms with van der Waals surface area (Å²) in [6, 6.07) is 4.01. The fourth-order valence-electron chi connectivity index (χ4n) is 1.22. The molecule has 1 aromatic rings. The smallest absolute Gasteiger partial charge is 0.188 e. The van der Waals surface area contributed by atoms with Crippen LogP contribution in [0.3, 0.4) is 0 Å². The molecule has 0 unspecified atom stereocenters. The Morgan fingerprint density at radius 1 is 1.44 bits per heavy atom. The summed E-state index contributed by atoms with van der Waals surface area (Å²) in [6.07, 6.45) is 4.53. The third kappa shape index (κ3) is 5.34. The van der Waals surface area contributed by atoms with E-state index in [2.05, 4.69) is 29.1 Å². The van der Waals surface area contributed by atoms with E-state index in [0.717, 1.165) is 19.5 Å². The van der Waals surface area contributed by atoms with Gasteiger partial charge in [-0.25, -0.2) is 0 Å². The molecule has 0 atom stereocenters. The van der Waals surface area contributed by atoms with Crippen molar-refractivity contribution in [1.82, 2.24) is 10.3 Å². The highest BCUT2D eigenvalue weighted by Gasteiger charge is 1.95. The zero-order valence-corrected chi connectivity index (χ0v) is 9.98. The van der Waals surface area contributed by atoms with Gasteiger partial charge in [0.1, 0.15) is 0 Å². The lowest BCUT2D eigenvalue weighted by atomic mass is 10.2. The molecule has 1 rings (SSSR count). The van der Waals surface area contributed by atoms with Crippen molar-refractivity contribution < 1.29 is 0 Å². The molecule has 0 saturated heterocycles. The molecule has 3 N–H and O–H groups in total. The van der Waals surface area contributed by atoms with Crippen LogP contribution in [0.1, 0.15) is 19.4 Å². The number of aromatic nitrogens is 1. The average Bonchev–Trinajstić information content (AvgIpc) is 2.28. The molecule has 0 bridgehead atoms. The van der Waals surface area contributed by atoms with Gasteiger partial charge in [-0.15, -0.1) is 0 Å². The molecule has 1 heterocycles. The maximum Gasteiger partial charge on any atom is 0.188 e. The van der Waals surface area contributed by atoms with Gasteiger partial charge in [-0.3, -0.25) is 9.98 Å². The summed E-state index contributed by atoms with van der Waals surface area (Å²) < 4.78 is 0. The molecule has 0 aliphatic heterocycles. The lowest BCUT2D eigenvalue weighted by Crippen LogP contribution is -2.33. The Hall–Kier alpha value is -1.58. The minimum Gasteiger partial charge on any atom is -0.370 e. The monoisotopic (exact) mass is 220 g/mol. The van der Waals surface area contributed by atoms with Gasteiger partial charge in [0.2, 0.25) is 0 Å². The molecule has 0 fully saturated rings. The van der Waals surface area contributed by atoms with Gasteiger partial charge >= 0.3 is 0 Å². The molecule has 88 valence electrons. The van der Waals surface area contributed by atoms with Crippen LogP contribution in [-0.4, -0.2) is 24.0 Å². The maximum atomic E-state index is 5.71. The van der Waals surface area contributed by atoms with Gasteiger partial charge in [-0.1, -0.05) is 13.8 Å². The van der Waals surface area contributed by atoms with Crippen molar-refractivity contribution in [3.8, 4) is 0 Å². The second kappa shape index (κ2) is 6.82. The third-order valence-electron chi connectivity index (χ3n) is 2.10. The van der Waals surface area contributed by atoms with Crippen molar-refractivity contribution >= 4 is 5.96 Å². The summed E-state index contributed by atoms with van der Waals surface area (Å²) in [6.45, 7) is 5.81. The van der Waals surface area contributed by atoms with Gasteiger partial charge < -0.3 is 11.1 Å². The maximum absolute atomic E-state index is 5.71. The number of pyridine rings is 1. The van der Waals surface area contributed by atoms with Gasteiger partial charge in [0, 0.05) is 25.5 Å². The van der Waals surface area contributed by atoms with Crippen molar-refractivity contribution in [3.05, 3.63) is 30.1 Å². The molecule has 1 aromatic heterocycles. The van der Waals surface area contributed by atoms with Crippen LogP contribution in [0.15, 0.2) is 29.5 Å². The van der Waals surface area contributed by atoms with Crippen LogP contribution in [0.4, 0.5) is 0 Å². The first-order chi connectivity index (χ1) is 7.68. The van der Waals surface area contributed by atoms with Crippen LogP contribution in [0.5, 0.6) is 0 Å². The SMILES string of the molecule is CC(C)CN=C(N)NCCc1ccncc1. The summed E-state index contributed by atoms with van der Waals surface area (Å²) >= 11 is 0. The molecule has 16 heavy (non-hydrogen) atoms. The Kier molecular flexibility index (Phi) is 5.32. The molecule has 4 heteroatoms. The predicted octanol–water partition coefficient (Wildman–Crippen LogP) is 1.18. The quantitative estimate of drug-likeness (QED) is 0.578. The largest absolute Gasteiger partial charge is 0.370 e. The second-order valence-corrected chi connectivity index (χ2v) is 4.15. The standard InChI is InChI=1S/C12H20N4/c1-10(2)9-16-12(13)15-8-5-11-3-6-14-7-4-11/h3-4,6-7,10H,5,8-9H2,1-2H3,(H3,13,15,16). The highest BCUT2D eigenvalue weighted by molar-refractivity contribution is 5.77. The molecule has 0 aromatic carbocycles. The Balaban J connectivity index is 2.23. The lowest BCUT2D eigenvalue weighted by molar-refractivity contribution is 0.661. The van der Waals surface area contributed by atoms with Crippen LogP contribution in [0.25, 0.3) is 0 Å². The highest BCUT2D eigenvalue weighted by Crippen LogP contribution is 1.95. The van der Waals surface area contributed by atoms with Crippen LogP contribution < -0.4 is 11.1 Å². The van der Waals surface area contributed by atoms with Crippen molar-refractivity contribution in [1.29, 1.82) is 0 Å². The molecule has 0 amide bonds. The molecule has 0 aliphatic rings. The summed E-state index contributed by atoms with van der Waals surface area (Å²) in [5, 5.41) is 3.09. The molecule has 0 aliphatic carbocycles. The van der Waals surface area contributed by atoms with Gasteiger partial charge in [0.25, 0.3) is 0 Å². The van der Waals surface area contributed by atoms with E-state index in [4.69, 9.17) is 5.73 Å². The first kappa shape index (κ1) is 12.5. The first-order valence-electron chi connectivity index (χ1n) is 5.61. The molecular formula is C12H20N4. The molecule has 0 spiro atoms. The Bertz CT molecular complexity index is 319. The van der Waals surface area contributed by atoms with Gasteiger partial charge in [0.05, 0.1) is 0 Å². The summed E-state index contributed by atoms with van der Waals surface area (Å²) in [4.78, 5) is 8.19. The fourth-order valence-corrected chi connectivity index (χ4v) is 1.22. The third-order valence-corrected chi connectivity index (χ3v) is 2.10. The van der Waals surface area contributed by atoms with Gasteiger partial charge in [-0.2, -0.15) is 0 Å². The van der Waals surface area contributed by atoms with E-state index in [9.17, 15) is 0 Å². The van der Waals surface area contributed by atoms with E-state index in [0.29, 0.717) is 11.9 Å². The van der Waals surface area contributed by atoms with E-state index in [1.54, 1.807) is 12.4 Å². The van der Waals surface area contributed by atoms with Crippen molar-refractivity contribution in [2.24, 2.45) is 16.6 Å². The van der Waals surface area contributed by atoms with Crippen LogP contribution in [-0.2, 0) is 6.42 Å². The topological polar surface area (TPSA) is 63.3 Å². The summed E-state index contributed by atoms with van der Waals surface area (Å²) in [7, 11) is 0. The highest BCUT2D eigenvalue weighted by atomic mass is 15.1. The molecule has 0 radical (unpaired) electrons. The molecule has 4 nitrogen and oxygen atoms in total. The fraction of sp³-hybridized carbons (Fsp3) is 0.500. The minimum absolute atomic E-state index is 0.530. The van der Waals surface area contributed by atoms with E-state index in [1.165, 1.54) is 5.56 Å². The number of rotatable bonds is 5. The van der Waals surface area contributed by atoms with Crippen LogP contribution >= 0.6 is 0 Å². The van der Waals surface area contributed by atoms with Gasteiger partial charge in [-0.05, 0) is 30.0 Å². The number of nitrogens with two attached hydrogens (primary N) is 1. The lowest BCUT2D eigenvalue weighted by Gasteiger charge is -2.06. The zero-order valence-electron chi connectivity index (χ0n) is 9.98. The van der Waals surface area contributed by atoms with E-state index < -0.39 is 0 Å². The number of guanidine groups is 1. The first-order valence-corrected chi connectivity index (χ1v) is 5.61. The minimum atomic E-state index is 0.530. The molecule has 0 saturated carbocycles. The number of hydrogen-bond donors (Lipinski definition) is 2. The van der Waals surface area contributed by atoms with Gasteiger partial charge in [0.15, 0.2) is 5.96 Å². The van der Waals surface area contributed by atoms with Crippen molar-refractivity contribution in [2.45, 2.75) is 20.3 Å². The Labute approximate surface area is 97.0 Å². The predicted molar refractivity (Wildman–Crippen MR) is 67.3 cm³/mol. The van der Waals surface area contributed by atoms with Crippen molar-refractivity contribution in [2.75, 3.05) is 13.1 Å². The van der Waals surface area contributed by atoms with Crippen LogP contribution in [0, 0.1) is 5.92 Å². The summed E-state index contributed by atoms with van der Waals surface area (Å²) in [5.41, 5.74) is 6.96. The average molecular weight is 220 g/mol. The molecular weight excluding hydrogens is 200 g/mol. The second-order valence-electron chi connectivity index (χ2n) is 4.15.